The van der Waals surface area contributed by atoms with E-state index in [-0.39, 0.29) is 18.4 Å². The summed E-state index contributed by atoms with van der Waals surface area (Å²) in [6.07, 6.45) is 10.00. The van der Waals surface area contributed by atoms with Crippen molar-refractivity contribution in [3.8, 4) is 5.75 Å². The number of aliphatic hydroxyl groups is 1. The van der Waals surface area contributed by atoms with Gasteiger partial charge < -0.3 is 19.6 Å². The molecular formula is C25H35ClN4O4. The number of nitrogens with zero attached hydrogens (tertiary/aromatic N) is 3. The van der Waals surface area contributed by atoms with Gasteiger partial charge in [-0.3, -0.25) is 14.9 Å². The van der Waals surface area contributed by atoms with Gasteiger partial charge in [-0.15, -0.1) is 0 Å². The van der Waals surface area contributed by atoms with Crippen molar-refractivity contribution in [1.29, 1.82) is 0 Å². The molecule has 1 aromatic carbocycles. The number of nitrogens with one attached hydrogen (secondary N) is 1. The van der Waals surface area contributed by atoms with Crippen LogP contribution in [0.5, 0.6) is 5.75 Å². The molecule has 9 heteroatoms. The fourth-order valence-electron chi connectivity index (χ4n) is 5.04. The molecule has 2 fully saturated rings. The number of hydrogen-bond acceptors (Lipinski definition) is 6. The molecule has 186 valence electrons. The Morgan fingerprint density at radius 2 is 1.97 bits per heavy atom. The van der Waals surface area contributed by atoms with Gasteiger partial charge in [0.05, 0.1) is 23.9 Å². The van der Waals surface area contributed by atoms with Crippen LogP contribution in [0.4, 0.5) is 5.69 Å². The molecule has 1 aromatic rings. The summed E-state index contributed by atoms with van der Waals surface area (Å²) in [4.78, 5) is 32.6. The molecule has 0 radical (unpaired) electrons. The molecule has 0 bridgehead atoms. The lowest BCUT2D eigenvalue weighted by Crippen LogP contribution is -2.43. The van der Waals surface area contributed by atoms with Gasteiger partial charge in [-0.1, -0.05) is 43.7 Å². The molecule has 0 unspecified atom stereocenters. The highest BCUT2D eigenvalue weighted by atomic mass is 35.5. The first-order valence-electron chi connectivity index (χ1n) is 12.5. The minimum absolute atomic E-state index is 0.0335. The molecule has 2 aliphatic heterocycles. The molecule has 2 amide bonds. The van der Waals surface area contributed by atoms with Gasteiger partial charge in [0.1, 0.15) is 12.3 Å². The van der Waals surface area contributed by atoms with E-state index in [2.05, 4.69) is 10.3 Å². The Balaban J connectivity index is 1.16. The van der Waals surface area contributed by atoms with E-state index < -0.39 is 0 Å². The van der Waals surface area contributed by atoms with Gasteiger partial charge in [-0.25, -0.2) is 4.99 Å². The fraction of sp³-hybridized carbons (Fsp3) is 0.640. The second kappa shape index (κ2) is 11.9. The number of rotatable bonds is 11. The van der Waals surface area contributed by atoms with Crippen molar-refractivity contribution in [1.82, 2.24) is 15.1 Å². The van der Waals surface area contributed by atoms with E-state index in [1.807, 2.05) is 21.9 Å². The van der Waals surface area contributed by atoms with E-state index in [1.165, 1.54) is 19.3 Å². The lowest BCUT2D eigenvalue weighted by atomic mass is 9.94. The minimum Gasteiger partial charge on any atom is -0.493 e. The van der Waals surface area contributed by atoms with Gasteiger partial charge in [-0.2, -0.15) is 0 Å². The zero-order chi connectivity index (χ0) is 23.9. The Morgan fingerprint density at radius 3 is 2.76 bits per heavy atom. The first-order valence-corrected chi connectivity index (χ1v) is 12.9. The first-order chi connectivity index (χ1) is 16.5. The van der Waals surface area contributed by atoms with Gasteiger partial charge in [0.2, 0.25) is 17.8 Å². The molecule has 2 N–H and O–H groups in total. The van der Waals surface area contributed by atoms with Gasteiger partial charge in [0.15, 0.2) is 0 Å². The summed E-state index contributed by atoms with van der Waals surface area (Å²) in [7, 11) is 0. The smallest absolute Gasteiger partial charge is 0.246 e. The van der Waals surface area contributed by atoms with Gasteiger partial charge in [0.25, 0.3) is 0 Å². The Morgan fingerprint density at radius 1 is 1.18 bits per heavy atom. The number of guanidine groups is 1. The van der Waals surface area contributed by atoms with Gasteiger partial charge in [-0.05, 0) is 31.7 Å². The van der Waals surface area contributed by atoms with Crippen LogP contribution < -0.4 is 10.1 Å². The number of amides is 2. The number of hydrogen-bond donors (Lipinski definition) is 2. The summed E-state index contributed by atoms with van der Waals surface area (Å²) in [6.45, 7) is 1.92. The summed E-state index contributed by atoms with van der Waals surface area (Å²) in [6, 6.07) is 3.99. The maximum atomic E-state index is 12.7. The number of benzene rings is 1. The van der Waals surface area contributed by atoms with E-state index in [0.717, 1.165) is 49.8 Å². The molecule has 1 aliphatic carbocycles. The van der Waals surface area contributed by atoms with Crippen LogP contribution in [0.2, 0.25) is 5.02 Å². The predicted molar refractivity (Wildman–Crippen MR) is 131 cm³/mol. The van der Waals surface area contributed by atoms with E-state index in [9.17, 15) is 14.7 Å². The molecule has 1 saturated carbocycles. The van der Waals surface area contributed by atoms with Crippen molar-refractivity contribution in [2.75, 3.05) is 26.3 Å². The normalized spacial score (nSPS) is 17.6. The molecule has 0 atom stereocenters. The summed E-state index contributed by atoms with van der Waals surface area (Å²) >= 11 is 6.46. The Kier molecular flexibility index (Phi) is 8.67. The van der Waals surface area contributed by atoms with Crippen molar-refractivity contribution >= 4 is 35.1 Å². The summed E-state index contributed by atoms with van der Waals surface area (Å²) in [5, 5.41) is 12.7. The van der Waals surface area contributed by atoms with Crippen LogP contribution in [0.3, 0.4) is 0 Å². The van der Waals surface area contributed by atoms with Crippen molar-refractivity contribution in [3.63, 3.8) is 0 Å². The average Bonchev–Trinajstić information content (AvgIpc) is 3.20. The van der Waals surface area contributed by atoms with Crippen LogP contribution in [0.1, 0.15) is 69.8 Å². The average molecular weight is 491 g/mol. The Hall–Kier alpha value is -2.32. The molecule has 0 spiro atoms. The monoisotopic (exact) mass is 490 g/mol. The second-order valence-electron chi connectivity index (χ2n) is 9.36. The zero-order valence-electron chi connectivity index (χ0n) is 19.7. The molecule has 34 heavy (non-hydrogen) atoms. The van der Waals surface area contributed by atoms with Crippen molar-refractivity contribution < 1.29 is 19.4 Å². The third-order valence-corrected chi connectivity index (χ3v) is 7.17. The third-order valence-electron chi connectivity index (χ3n) is 6.84. The summed E-state index contributed by atoms with van der Waals surface area (Å²) in [5.41, 5.74) is 1.64. The first kappa shape index (κ1) is 24.8. The lowest BCUT2D eigenvalue weighted by molar-refractivity contribution is -0.135. The molecule has 0 aromatic heterocycles. The number of fused-ring (bicyclic) bond motifs is 2. The van der Waals surface area contributed by atoms with Gasteiger partial charge >= 0.3 is 0 Å². The highest BCUT2D eigenvalue weighted by Gasteiger charge is 2.30. The van der Waals surface area contributed by atoms with E-state index in [4.69, 9.17) is 16.3 Å². The highest BCUT2D eigenvalue weighted by molar-refractivity contribution is 6.32. The number of carbonyl (C=O) groups is 2. The summed E-state index contributed by atoms with van der Waals surface area (Å²) < 4.78 is 5.90. The number of aliphatic imine (C=N–C) groups is 1. The van der Waals surface area contributed by atoms with Crippen LogP contribution in [-0.2, 0) is 16.1 Å². The van der Waals surface area contributed by atoms with Crippen LogP contribution in [0.15, 0.2) is 17.1 Å². The molecule has 1 saturated heterocycles. The lowest BCUT2D eigenvalue weighted by Gasteiger charge is -2.34. The number of ether oxygens (including phenoxy) is 1. The largest absolute Gasteiger partial charge is 0.493 e. The number of halogens is 1. The molecule has 3 aliphatic rings. The third kappa shape index (κ3) is 6.21. The number of carbonyl (C=O) groups excluding carboxylic acids is 2. The van der Waals surface area contributed by atoms with Crippen LogP contribution in [0.25, 0.3) is 0 Å². The molecular weight excluding hydrogens is 456 g/mol. The van der Waals surface area contributed by atoms with Crippen molar-refractivity contribution in [3.05, 3.63) is 22.7 Å². The van der Waals surface area contributed by atoms with E-state index >= 15 is 0 Å². The highest BCUT2D eigenvalue weighted by Crippen LogP contribution is 2.36. The number of unbranched alkanes of at least 4 members (excludes halogenated alkanes) is 3. The standard InChI is InChI=1S/C25H35ClN4O4/c26-21-14-19(15-22-20(21)16-29-17-23(32)28-25(29)27-22)34-13-7-2-1-6-10-24(33)30(11-12-31)18-8-4-3-5-9-18/h14-15,18,31H,1-13,16-17H2,(H,27,28,32). The van der Waals surface area contributed by atoms with Crippen LogP contribution >= 0.6 is 11.6 Å². The van der Waals surface area contributed by atoms with Crippen molar-refractivity contribution in [2.45, 2.75) is 76.8 Å². The summed E-state index contributed by atoms with van der Waals surface area (Å²) in [5.74, 6) is 1.37. The Bertz CT molecular complexity index is 916. The SMILES string of the molecule is O=C1CN2Cc3c(Cl)cc(OCCCCCCC(=O)N(CCO)C4CCCCC4)cc3N=C2N1. The van der Waals surface area contributed by atoms with Gasteiger partial charge in [0, 0.05) is 37.2 Å². The zero-order valence-corrected chi connectivity index (χ0v) is 20.5. The van der Waals surface area contributed by atoms with Crippen LogP contribution in [0, 0.1) is 0 Å². The molecule has 8 nitrogen and oxygen atoms in total. The second-order valence-corrected chi connectivity index (χ2v) is 9.76. The van der Waals surface area contributed by atoms with E-state index in [0.29, 0.717) is 55.4 Å². The maximum absolute atomic E-state index is 12.7. The fourth-order valence-corrected chi connectivity index (χ4v) is 5.30. The van der Waals surface area contributed by atoms with Crippen molar-refractivity contribution in [2.24, 2.45) is 4.99 Å². The topological polar surface area (TPSA) is 94.5 Å². The minimum atomic E-state index is -0.0593. The molecule has 4 rings (SSSR count). The molecule has 2 heterocycles. The predicted octanol–water partition coefficient (Wildman–Crippen LogP) is 3.76. The number of aliphatic hydroxyl groups excluding tert-OH is 1. The van der Waals surface area contributed by atoms with Crippen LogP contribution in [-0.4, -0.2) is 65.0 Å². The van der Waals surface area contributed by atoms with E-state index in [1.54, 1.807) is 0 Å². The quantitative estimate of drug-likeness (QED) is 0.460. The maximum Gasteiger partial charge on any atom is 0.246 e. The Labute approximate surface area is 206 Å².